The summed E-state index contributed by atoms with van der Waals surface area (Å²) in [5.41, 5.74) is 1.24. The number of nitrogens with zero attached hydrogens (tertiary/aromatic N) is 1. The number of ether oxygens (including phenoxy) is 2. The number of hydrogen-bond acceptors (Lipinski definition) is 5. The zero-order valence-electron chi connectivity index (χ0n) is 16.8. The molecule has 0 saturated carbocycles. The van der Waals surface area contributed by atoms with Gasteiger partial charge in [0.05, 0.1) is 31.4 Å². The van der Waals surface area contributed by atoms with Crippen LogP contribution in [0.3, 0.4) is 0 Å². The number of aliphatic hydroxyl groups is 1. The Morgan fingerprint density at radius 1 is 1.10 bits per heavy atom. The average molecular weight is 395 g/mol. The molecule has 0 spiro atoms. The molecule has 2 aromatic rings. The molecule has 0 bridgehead atoms. The second-order valence-corrected chi connectivity index (χ2v) is 7.05. The number of ketones is 1. The molecular weight excluding hydrogens is 370 g/mol. The van der Waals surface area contributed by atoms with E-state index >= 15 is 0 Å². The summed E-state index contributed by atoms with van der Waals surface area (Å²) >= 11 is 0. The first-order valence-corrected chi connectivity index (χ1v) is 9.53. The summed E-state index contributed by atoms with van der Waals surface area (Å²) in [7, 11) is 1.55. The SMILES string of the molecule is COc1cccc(C2/C(=C(/O)c3ccccc3)C(=O)C(=O)N2CCOC(C)C)c1. The molecule has 1 amide bonds. The molecule has 6 heteroatoms. The third-order valence-electron chi connectivity index (χ3n) is 4.78. The zero-order chi connectivity index (χ0) is 21.0. The monoisotopic (exact) mass is 395 g/mol. The zero-order valence-corrected chi connectivity index (χ0v) is 16.8. The normalized spacial score (nSPS) is 18.5. The first-order chi connectivity index (χ1) is 13.9. The highest BCUT2D eigenvalue weighted by Gasteiger charge is 2.46. The van der Waals surface area contributed by atoms with Crippen molar-refractivity contribution in [1.82, 2.24) is 4.90 Å². The van der Waals surface area contributed by atoms with E-state index in [-0.39, 0.29) is 30.6 Å². The topological polar surface area (TPSA) is 76.1 Å². The lowest BCUT2D eigenvalue weighted by Gasteiger charge is -2.26. The molecule has 1 atom stereocenters. The number of hydrogen-bond donors (Lipinski definition) is 1. The fourth-order valence-corrected chi connectivity index (χ4v) is 3.41. The van der Waals surface area contributed by atoms with Crippen molar-refractivity contribution in [1.29, 1.82) is 0 Å². The van der Waals surface area contributed by atoms with Gasteiger partial charge in [-0.3, -0.25) is 9.59 Å². The van der Waals surface area contributed by atoms with Crippen LogP contribution in [0.4, 0.5) is 0 Å². The number of carbonyl (C=O) groups is 2. The minimum atomic E-state index is -0.721. The van der Waals surface area contributed by atoms with Crippen molar-refractivity contribution in [3.05, 3.63) is 71.3 Å². The van der Waals surface area contributed by atoms with Crippen LogP contribution in [0, 0.1) is 0 Å². The van der Waals surface area contributed by atoms with Crippen molar-refractivity contribution in [2.45, 2.75) is 26.0 Å². The van der Waals surface area contributed by atoms with E-state index in [0.29, 0.717) is 16.9 Å². The lowest BCUT2D eigenvalue weighted by molar-refractivity contribution is -0.140. The molecule has 0 aromatic heterocycles. The van der Waals surface area contributed by atoms with E-state index in [1.165, 1.54) is 4.90 Å². The second-order valence-electron chi connectivity index (χ2n) is 7.05. The Morgan fingerprint density at radius 2 is 1.83 bits per heavy atom. The third kappa shape index (κ3) is 4.32. The van der Waals surface area contributed by atoms with E-state index in [4.69, 9.17) is 9.47 Å². The van der Waals surface area contributed by atoms with Crippen molar-refractivity contribution in [2.24, 2.45) is 0 Å². The van der Waals surface area contributed by atoms with Crippen molar-refractivity contribution in [3.8, 4) is 5.75 Å². The molecule has 1 saturated heterocycles. The quantitative estimate of drug-likeness (QED) is 0.441. The van der Waals surface area contributed by atoms with Crippen molar-refractivity contribution in [3.63, 3.8) is 0 Å². The smallest absolute Gasteiger partial charge is 0.295 e. The summed E-state index contributed by atoms with van der Waals surface area (Å²) in [6.07, 6.45) is 0.00594. The van der Waals surface area contributed by atoms with Gasteiger partial charge in [-0.05, 0) is 31.5 Å². The second kappa shape index (κ2) is 8.92. The van der Waals surface area contributed by atoms with Gasteiger partial charge in [0, 0.05) is 12.1 Å². The average Bonchev–Trinajstić information content (AvgIpc) is 2.98. The van der Waals surface area contributed by atoms with Gasteiger partial charge in [-0.1, -0.05) is 42.5 Å². The fourth-order valence-electron chi connectivity index (χ4n) is 3.41. The van der Waals surface area contributed by atoms with Crippen molar-refractivity contribution >= 4 is 17.4 Å². The Bertz CT molecular complexity index is 920. The number of Topliss-reactive ketones (excluding diaryl/α,β-unsaturated/α-hetero) is 1. The molecule has 1 fully saturated rings. The van der Waals surface area contributed by atoms with Crippen LogP contribution in [0.25, 0.3) is 5.76 Å². The van der Waals surface area contributed by atoms with E-state index in [1.807, 2.05) is 26.0 Å². The number of rotatable bonds is 7. The van der Waals surface area contributed by atoms with Gasteiger partial charge in [0.2, 0.25) is 0 Å². The van der Waals surface area contributed by atoms with E-state index in [2.05, 4.69) is 0 Å². The van der Waals surface area contributed by atoms with Gasteiger partial charge in [0.25, 0.3) is 11.7 Å². The number of amides is 1. The van der Waals surface area contributed by atoms with Crippen LogP contribution in [0.5, 0.6) is 5.75 Å². The molecule has 1 N–H and O–H groups in total. The highest BCUT2D eigenvalue weighted by molar-refractivity contribution is 6.46. The molecule has 3 rings (SSSR count). The van der Waals surface area contributed by atoms with E-state index in [9.17, 15) is 14.7 Å². The van der Waals surface area contributed by atoms with E-state index < -0.39 is 17.7 Å². The molecule has 1 heterocycles. The van der Waals surface area contributed by atoms with E-state index in [1.54, 1.807) is 49.6 Å². The predicted molar refractivity (Wildman–Crippen MR) is 110 cm³/mol. The Morgan fingerprint density at radius 3 is 2.48 bits per heavy atom. The summed E-state index contributed by atoms with van der Waals surface area (Å²) < 4.78 is 10.9. The molecule has 6 nitrogen and oxygen atoms in total. The van der Waals surface area contributed by atoms with Crippen LogP contribution >= 0.6 is 0 Å². The maximum absolute atomic E-state index is 12.9. The number of methoxy groups -OCH3 is 1. The predicted octanol–water partition coefficient (Wildman–Crippen LogP) is 3.54. The summed E-state index contributed by atoms with van der Waals surface area (Å²) in [5.74, 6) is -0.943. The Hall–Kier alpha value is -3.12. The maximum Gasteiger partial charge on any atom is 0.295 e. The van der Waals surface area contributed by atoms with Gasteiger partial charge in [0.15, 0.2) is 0 Å². The van der Waals surface area contributed by atoms with Crippen LogP contribution in [-0.4, -0.2) is 48.1 Å². The molecule has 2 aromatic carbocycles. The lowest BCUT2D eigenvalue weighted by Crippen LogP contribution is -2.33. The van der Waals surface area contributed by atoms with Gasteiger partial charge in [-0.15, -0.1) is 0 Å². The van der Waals surface area contributed by atoms with Crippen molar-refractivity contribution < 1.29 is 24.2 Å². The van der Waals surface area contributed by atoms with Gasteiger partial charge in [-0.25, -0.2) is 0 Å². The largest absolute Gasteiger partial charge is 0.507 e. The standard InChI is InChI=1S/C23H25NO5/c1-15(2)29-13-12-24-20(17-10-7-11-18(14-17)28-3)19(22(26)23(24)27)21(25)16-8-5-4-6-9-16/h4-11,14-15,20,25H,12-13H2,1-3H3/b21-19-. The van der Waals surface area contributed by atoms with Gasteiger partial charge < -0.3 is 19.5 Å². The lowest BCUT2D eigenvalue weighted by atomic mass is 9.95. The van der Waals surface area contributed by atoms with E-state index in [0.717, 1.165) is 0 Å². The Kier molecular flexibility index (Phi) is 6.34. The maximum atomic E-state index is 12.9. The van der Waals surface area contributed by atoms with Crippen LogP contribution in [0.1, 0.15) is 31.0 Å². The van der Waals surface area contributed by atoms with Crippen molar-refractivity contribution in [2.75, 3.05) is 20.3 Å². The summed E-state index contributed by atoms with van der Waals surface area (Å²) in [6, 6.07) is 15.2. The fraction of sp³-hybridized carbons (Fsp3) is 0.304. The molecule has 1 aliphatic heterocycles. The van der Waals surface area contributed by atoms with Crippen LogP contribution in [0.15, 0.2) is 60.2 Å². The molecule has 29 heavy (non-hydrogen) atoms. The molecule has 1 aliphatic rings. The first kappa shape index (κ1) is 20.6. The number of benzene rings is 2. The molecule has 152 valence electrons. The molecule has 0 radical (unpaired) electrons. The van der Waals surface area contributed by atoms with Crippen LogP contribution < -0.4 is 4.74 Å². The number of likely N-dealkylation sites (tertiary alicyclic amines) is 1. The minimum Gasteiger partial charge on any atom is -0.507 e. The molecule has 0 aliphatic carbocycles. The third-order valence-corrected chi connectivity index (χ3v) is 4.78. The van der Waals surface area contributed by atoms with Gasteiger partial charge in [0.1, 0.15) is 11.5 Å². The summed E-state index contributed by atoms with van der Waals surface area (Å²) in [6.45, 7) is 4.33. The molecule has 1 unspecified atom stereocenters. The Balaban J connectivity index is 2.09. The van der Waals surface area contributed by atoms with Gasteiger partial charge >= 0.3 is 0 Å². The molecular formula is C23H25NO5. The Labute approximate surface area is 170 Å². The summed E-state index contributed by atoms with van der Waals surface area (Å²) in [5, 5.41) is 10.9. The van der Waals surface area contributed by atoms with Crippen LogP contribution in [-0.2, 0) is 14.3 Å². The first-order valence-electron chi connectivity index (χ1n) is 9.53. The highest BCUT2D eigenvalue weighted by Crippen LogP contribution is 2.40. The number of aliphatic hydroxyl groups excluding tert-OH is 1. The van der Waals surface area contributed by atoms with Crippen LogP contribution in [0.2, 0.25) is 0 Å². The minimum absolute atomic E-state index is 0.00594. The van der Waals surface area contributed by atoms with Gasteiger partial charge in [-0.2, -0.15) is 0 Å². The summed E-state index contributed by atoms with van der Waals surface area (Å²) in [4.78, 5) is 27.1. The number of carbonyl (C=O) groups excluding carboxylic acids is 2. The highest BCUT2D eigenvalue weighted by atomic mass is 16.5.